The molecule has 12 N–H and O–H groups in total. The van der Waals surface area contributed by atoms with Crippen LogP contribution in [0.5, 0.6) is 0 Å². The lowest BCUT2D eigenvalue weighted by Gasteiger charge is -2.48. The Morgan fingerprint density at radius 2 is 0.986 bits per heavy atom. The number of carbonyl (C=O) groups excluding carboxylic acids is 1. The molecule has 3 rings (SSSR count). The minimum absolute atomic E-state index is 0.00685. The first-order valence-electron chi connectivity index (χ1n) is 24.7. The van der Waals surface area contributed by atoms with Crippen molar-refractivity contribution in [2.75, 3.05) is 26.4 Å². The van der Waals surface area contributed by atoms with Crippen LogP contribution in [-0.2, 0) is 33.2 Å². The molecule has 3 aliphatic rings. The van der Waals surface area contributed by atoms with Crippen molar-refractivity contribution in [1.82, 2.24) is 5.32 Å². The van der Waals surface area contributed by atoms with Crippen LogP contribution in [0.15, 0.2) is 72.9 Å². The molecule has 3 fully saturated rings. The molecule has 3 heterocycles. The van der Waals surface area contributed by atoms with Crippen molar-refractivity contribution in [2.45, 2.75) is 208 Å². The fraction of sp³-hybridized carbons (Fsp3) is 0.740. The van der Waals surface area contributed by atoms with E-state index in [9.17, 15) is 61.0 Å². The first kappa shape index (κ1) is 60.5. The van der Waals surface area contributed by atoms with Gasteiger partial charge in [-0.2, -0.15) is 0 Å². The molecule has 17 unspecified atom stereocenters. The van der Waals surface area contributed by atoms with Gasteiger partial charge in [0.25, 0.3) is 0 Å². The number of ether oxygens (including phenoxy) is 6. The second kappa shape index (κ2) is 34.6. The van der Waals surface area contributed by atoms with Gasteiger partial charge >= 0.3 is 0 Å². The molecule has 0 aromatic heterocycles. The van der Waals surface area contributed by atoms with Gasteiger partial charge in [0.05, 0.1) is 38.6 Å². The molecule has 3 aliphatic heterocycles. The molecule has 0 aromatic carbocycles. The summed E-state index contributed by atoms with van der Waals surface area (Å²) in [4.78, 5) is 13.1. The van der Waals surface area contributed by atoms with Gasteiger partial charge in [0.1, 0.15) is 73.2 Å². The molecule has 396 valence electrons. The van der Waals surface area contributed by atoms with E-state index in [1.54, 1.807) is 12.2 Å². The van der Waals surface area contributed by atoms with E-state index < -0.39 is 137 Å². The molecule has 19 heteroatoms. The monoisotopic (exact) mass is 986 g/mol. The van der Waals surface area contributed by atoms with Gasteiger partial charge in [0, 0.05) is 6.42 Å². The highest BCUT2D eigenvalue weighted by atomic mass is 16.8. The standard InChI is InChI=1S/C50H83NO18/c1-3-5-7-9-11-13-14-15-16-17-18-20-22-24-26-28-38(56)51-33(34(55)27-25-23-21-19-12-10-8-6-4-2)32-64-48-44(62)41(59)46(36(30-53)66-48)69-50-45(63)42(60)47(37(31-54)67-50)68-49-43(61)40(58)39(57)35(29-52)65-49/h5,7,11,13,15-16,18,20,24-27,33-37,39-50,52-55,57-63H,3-4,6,8-10,12,14,17,19,21-23,28-32H2,1-2H3,(H,51,56)/b7-5-,13-11-,16-15-,20-18-,26-24-,27-25+. The zero-order valence-corrected chi connectivity index (χ0v) is 40.2. The molecule has 1 amide bonds. The number of unbranched alkanes of at least 4 members (excludes halogenated alkanes) is 7. The van der Waals surface area contributed by atoms with Crippen LogP contribution in [-0.4, -0.2) is 193 Å². The van der Waals surface area contributed by atoms with Gasteiger partial charge in [-0.15, -0.1) is 0 Å². The van der Waals surface area contributed by atoms with Crippen molar-refractivity contribution in [1.29, 1.82) is 0 Å². The maximum atomic E-state index is 13.1. The zero-order chi connectivity index (χ0) is 50.6. The van der Waals surface area contributed by atoms with Gasteiger partial charge in [-0.1, -0.05) is 125 Å². The van der Waals surface area contributed by atoms with Gasteiger partial charge in [0.15, 0.2) is 18.9 Å². The fourth-order valence-electron chi connectivity index (χ4n) is 7.90. The molecule has 17 atom stereocenters. The highest BCUT2D eigenvalue weighted by Crippen LogP contribution is 2.33. The Balaban J connectivity index is 1.60. The van der Waals surface area contributed by atoms with Crippen LogP contribution >= 0.6 is 0 Å². The van der Waals surface area contributed by atoms with Gasteiger partial charge < -0.3 is 89.9 Å². The summed E-state index contributed by atoms with van der Waals surface area (Å²) in [6.45, 7) is 1.43. The minimum atomic E-state index is -1.99. The Bertz CT molecular complexity index is 1560. The number of allylic oxidation sites excluding steroid dienone is 10. The summed E-state index contributed by atoms with van der Waals surface area (Å²) in [7, 11) is 0. The third kappa shape index (κ3) is 20.7. The fourth-order valence-corrected chi connectivity index (χ4v) is 7.90. The lowest BCUT2D eigenvalue weighted by Crippen LogP contribution is -2.66. The summed E-state index contributed by atoms with van der Waals surface area (Å²) in [6, 6.07) is -1.03. The number of amides is 1. The molecule has 0 bridgehead atoms. The quantitative estimate of drug-likeness (QED) is 0.0332. The summed E-state index contributed by atoms with van der Waals surface area (Å²) in [6.07, 6.45) is 9.57. The molecule has 69 heavy (non-hydrogen) atoms. The molecular formula is C50H83NO18. The second-order valence-electron chi connectivity index (χ2n) is 17.6. The largest absolute Gasteiger partial charge is 0.394 e. The van der Waals surface area contributed by atoms with Crippen molar-refractivity contribution in [3.8, 4) is 0 Å². The summed E-state index contributed by atoms with van der Waals surface area (Å²) in [5.74, 6) is -0.411. The number of aliphatic hydroxyl groups excluding tert-OH is 11. The Hall–Kier alpha value is -2.77. The average Bonchev–Trinajstić information content (AvgIpc) is 3.34. The smallest absolute Gasteiger partial charge is 0.224 e. The SMILES string of the molecule is CC/C=C\C/C=C\C/C=C\C/C=C\C/C=C\CC(=O)NC(COC1OC(CO)C(OC2OC(CO)C(OC3OC(CO)C(O)C(O)C3O)C(O)C2O)C(O)C1O)C(O)/C=C/CCCCCCCCC. The van der Waals surface area contributed by atoms with E-state index in [4.69, 9.17) is 28.4 Å². The zero-order valence-electron chi connectivity index (χ0n) is 40.2. The van der Waals surface area contributed by atoms with E-state index in [0.717, 1.165) is 44.9 Å². The van der Waals surface area contributed by atoms with Crippen LogP contribution in [0.4, 0.5) is 0 Å². The summed E-state index contributed by atoms with van der Waals surface area (Å²) >= 11 is 0. The van der Waals surface area contributed by atoms with Crippen LogP contribution in [0.3, 0.4) is 0 Å². The molecule has 0 saturated carbocycles. The van der Waals surface area contributed by atoms with Crippen LogP contribution in [0, 0.1) is 0 Å². The normalized spacial score (nSPS) is 33.5. The van der Waals surface area contributed by atoms with Gasteiger partial charge in [0.2, 0.25) is 5.91 Å². The van der Waals surface area contributed by atoms with E-state index >= 15 is 0 Å². The molecule has 0 aromatic rings. The number of rotatable bonds is 32. The Kier molecular flexibility index (Phi) is 30.3. The third-order valence-electron chi connectivity index (χ3n) is 12.0. The van der Waals surface area contributed by atoms with Crippen molar-refractivity contribution in [2.24, 2.45) is 0 Å². The van der Waals surface area contributed by atoms with E-state index in [1.807, 2.05) is 24.3 Å². The highest BCUT2D eigenvalue weighted by Gasteiger charge is 2.53. The number of carbonyl (C=O) groups is 1. The molecule has 3 saturated heterocycles. The van der Waals surface area contributed by atoms with Gasteiger partial charge in [-0.05, 0) is 44.9 Å². The van der Waals surface area contributed by atoms with Crippen molar-refractivity contribution in [3.63, 3.8) is 0 Å². The Labute approximate surface area is 407 Å². The first-order chi connectivity index (χ1) is 33.3. The van der Waals surface area contributed by atoms with Crippen LogP contribution < -0.4 is 5.32 Å². The summed E-state index contributed by atoms with van der Waals surface area (Å²) < 4.78 is 34.0. The van der Waals surface area contributed by atoms with Crippen molar-refractivity contribution >= 4 is 5.91 Å². The Morgan fingerprint density at radius 1 is 0.536 bits per heavy atom. The number of nitrogens with one attached hydrogen (secondary N) is 1. The molecule has 19 nitrogen and oxygen atoms in total. The molecule has 0 aliphatic carbocycles. The predicted octanol–water partition coefficient (Wildman–Crippen LogP) is 1.14. The highest BCUT2D eigenvalue weighted by molar-refractivity contribution is 5.77. The molecule has 0 spiro atoms. The summed E-state index contributed by atoms with van der Waals surface area (Å²) in [5.41, 5.74) is 0. The van der Waals surface area contributed by atoms with Gasteiger partial charge in [-0.25, -0.2) is 0 Å². The maximum Gasteiger partial charge on any atom is 0.224 e. The van der Waals surface area contributed by atoms with E-state index in [0.29, 0.717) is 12.8 Å². The van der Waals surface area contributed by atoms with Gasteiger partial charge in [-0.3, -0.25) is 4.79 Å². The Morgan fingerprint density at radius 3 is 1.51 bits per heavy atom. The van der Waals surface area contributed by atoms with Crippen molar-refractivity contribution in [3.05, 3.63) is 72.9 Å². The van der Waals surface area contributed by atoms with Crippen molar-refractivity contribution < 1.29 is 89.4 Å². The van der Waals surface area contributed by atoms with Crippen LogP contribution in [0.2, 0.25) is 0 Å². The summed E-state index contributed by atoms with van der Waals surface area (Å²) in [5, 5.41) is 119. The number of hydrogen-bond acceptors (Lipinski definition) is 18. The van der Waals surface area contributed by atoms with Crippen LogP contribution in [0.1, 0.15) is 104 Å². The second-order valence-corrected chi connectivity index (χ2v) is 17.6. The molecule has 0 radical (unpaired) electrons. The molecular weight excluding hydrogens is 903 g/mol. The van der Waals surface area contributed by atoms with E-state index in [1.165, 1.54) is 25.7 Å². The minimum Gasteiger partial charge on any atom is -0.394 e. The lowest BCUT2D eigenvalue weighted by molar-refractivity contribution is -0.379. The van der Waals surface area contributed by atoms with E-state index in [2.05, 4.69) is 55.6 Å². The third-order valence-corrected chi connectivity index (χ3v) is 12.0. The maximum absolute atomic E-state index is 13.1. The average molecular weight is 986 g/mol. The van der Waals surface area contributed by atoms with E-state index in [-0.39, 0.29) is 6.42 Å². The number of aliphatic hydroxyl groups is 11. The topological polar surface area (TPSA) is 307 Å². The van der Waals surface area contributed by atoms with Crippen LogP contribution in [0.25, 0.3) is 0 Å². The first-order valence-corrected chi connectivity index (χ1v) is 24.7. The predicted molar refractivity (Wildman–Crippen MR) is 254 cm³/mol. The lowest BCUT2D eigenvalue weighted by atomic mass is 9.96. The number of hydrogen-bond donors (Lipinski definition) is 12.